The maximum Gasteiger partial charge on any atom is 0.328 e. The van der Waals surface area contributed by atoms with Crippen LogP contribution in [0, 0.1) is 12.8 Å². The molecule has 1 aliphatic rings. The van der Waals surface area contributed by atoms with E-state index in [1.807, 2.05) is 56.5 Å². The van der Waals surface area contributed by atoms with E-state index in [9.17, 15) is 18.0 Å². The second kappa shape index (κ2) is 16.3. The van der Waals surface area contributed by atoms with Crippen molar-refractivity contribution in [3.05, 3.63) is 59.2 Å². The Hall–Kier alpha value is -2.36. The topological polar surface area (TPSA) is 92.8 Å². The monoisotopic (exact) mass is 602 g/mol. The zero-order chi connectivity index (χ0) is 29.8. The number of carbonyl (C=O) groups excluding carboxylic acids is 2. The third-order valence-corrected chi connectivity index (χ3v) is 10.6. The van der Waals surface area contributed by atoms with Crippen LogP contribution in [0.15, 0.2) is 42.5 Å². The van der Waals surface area contributed by atoms with Gasteiger partial charge in [0.05, 0.1) is 12.9 Å². The number of carbonyl (C=O) groups is 2. The van der Waals surface area contributed by atoms with Crippen molar-refractivity contribution >= 4 is 33.7 Å². The molecule has 1 amide bonds. The quantitative estimate of drug-likeness (QED) is 0.244. The molecular weight excluding hydrogens is 556 g/mol. The number of nitrogens with one attached hydrogen (secondary N) is 1. The summed E-state index contributed by atoms with van der Waals surface area (Å²) in [4.78, 5) is 26.0. The largest absolute Gasteiger partial charge is 0.467 e. The number of sulfonamides is 1. The zero-order valence-corrected chi connectivity index (χ0v) is 26.6. The van der Waals surface area contributed by atoms with E-state index in [4.69, 9.17) is 4.74 Å². The van der Waals surface area contributed by atoms with Crippen LogP contribution in [0.4, 0.5) is 0 Å². The molecule has 0 heterocycles. The summed E-state index contributed by atoms with van der Waals surface area (Å²) < 4.78 is 33.2. The van der Waals surface area contributed by atoms with Gasteiger partial charge in [-0.25, -0.2) is 13.2 Å². The molecule has 7 nitrogen and oxygen atoms in total. The molecule has 9 heteroatoms. The van der Waals surface area contributed by atoms with Crippen molar-refractivity contribution in [1.82, 2.24) is 9.62 Å². The van der Waals surface area contributed by atoms with Crippen LogP contribution in [-0.4, -0.2) is 62.1 Å². The van der Waals surface area contributed by atoms with Gasteiger partial charge in [0.15, 0.2) is 0 Å². The second-order valence-electron chi connectivity index (χ2n) is 11.0. The zero-order valence-electron chi connectivity index (χ0n) is 25.0. The van der Waals surface area contributed by atoms with Crippen LogP contribution in [0.5, 0.6) is 0 Å². The lowest BCUT2D eigenvalue weighted by atomic mass is 9.87. The summed E-state index contributed by atoms with van der Waals surface area (Å²) in [5.41, 5.74) is 3.87. The van der Waals surface area contributed by atoms with Gasteiger partial charge in [0.25, 0.3) is 5.91 Å². The second-order valence-corrected chi connectivity index (χ2v) is 14.0. The lowest BCUT2D eigenvalue weighted by Crippen LogP contribution is -2.42. The highest BCUT2D eigenvalue weighted by Crippen LogP contribution is 2.30. The number of amides is 1. The van der Waals surface area contributed by atoms with Crippen LogP contribution < -0.4 is 5.32 Å². The minimum absolute atomic E-state index is 0.119. The summed E-state index contributed by atoms with van der Waals surface area (Å²) in [6.07, 6.45) is 9.92. The molecule has 1 N–H and O–H groups in total. The van der Waals surface area contributed by atoms with Crippen molar-refractivity contribution in [2.75, 3.05) is 31.4 Å². The van der Waals surface area contributed by atoms with Crippen LogP contribution in [0.2, 0.25) is 0 Å². The van der Waals surface area contributed by atoms with Crippen LogP contribution in [-0.2, 0) is 26.1 Å². The number of methoxy groups -OCH3 is 1. The van der Waals surface area contributed by atoms with Gasteiger partial charge in [-0.05, 0) is 78.5 Å². The van der Waals surface area contributed by atoms with E-state index in [1.165, 1.54) is 39.2 Å². The molecule has 2 aromatic carbocycles. The normalized spacial score (nSPS) is 15.0. The van der Waals surface area contributed by atoms with Crippen LogP contribution in [0.3, 0.4) is 0 Å². The van der Waals surface area contributed by atoms with Gasteiger partial charge < -0.3 is 10.1 Å². The molecule has 1 saturated carbocycles. The van der Waals surface area contributed by atoms with Crippen LogP contribution in [0.25, 0.3) is 11.1 Å². The summed E-state index contributed by atoms with van der Waals surface area (Å²) >= 11 is 1.60. The Labute approximate surface area is 250 Å². The first-order chi connectivity index (χ1) is 19.7. The van der Waals surface area contributed by atoms with Gasteiger partial charge in [0, 0.05) is 18.7 Å². The minimum Gasteiger partial charge on any atom is -0.467 e. The highest BCUT2D eigenvalue weighted by atomic mass is 32.2. The van der Waals surface area contributed by atoms with Gasteiger partial charge in [-0.3, -0.25) is 4.79 Å². The van der Waals surface area contributed by atoms with Crippen LogP contribution >= 0.6 is 11.8 Å². The lowest BCUT2D eigenvalue weighted by Gasteiger charge is -2.27. The van der Waals surface area contributed by atoms with Crippen molar-refractivity contribution in [2.45, 2.75) is 77.8 Å². The molecule has 226 valence electrons. The average Bonchev–Trinajstić information content (AvgIpc) is 2.97. The van der Waals surface area contributed by atoms with Crippen molar-refractivity contribution in [1.29, 1.82) is 0 Å². The number of benzene rings is 2. The standard InChI is InChI=1S/C32H46N2O5S2/c1-5-21-41(37,38)34(19-17-25-12-7-6-8-13-25)23-26-15-16-28(29(22-26)27-14-10-9-11-24(27)2)31(35)33-30(18-20-40-4)32(36)39-3/h9-11,14-16,22,25,30H,5-8,12-13,17-21,23H2,1-4H3,(H,33,35). The van der Waals surface area contributed by atoms with E-state index < -0.39 is 22.0 Å². The van der Waals surface area contributed by atoms with E-state index in [1.54, 1.807) is 22.1 Å². The van der Waals surface area contributed by atoms with E-state index in [-0.39, 0.29) is 18.2 Å². The third kappa shape index (κ3) is 9.58. The van der Waals surface area contributed by atoms with Gasteiger partial charge in [0.1, 0.15) is 6.04 Å². The predicted molar refractivity (Wildman–Crippen MR) is 169 cm³/mol. The van der Waals surface area contributed by atoms with Gasteiger partial charge in [-0.1, -0.05) is 69.4 Å². The number of aryl methyl sites for hydroxylation is 1. The molecule has 3 rings (SSSR count). The Balaban J connectivity index is 1.95. The first-order valence-corrected chi connectivity index (χ1v) is 17.7. The molecule has 0 saturated heterocycles. The number of thioether (sulfide) groups is 1. The molecule has 2 aromatic rings. The summed E-state index contributed by atoms with van der Waals surface area (Å²) in [5.74, 6) is 0.557. The molecule has 0 spiro atoms. The average molecular weight is 603 g/mol. The molecule has 1 unspecified atom stereocenters. The van der Waals surface area contributed by atoms with Crippen molar-refractivity contribution in [3.63, 3.8) is 0 Å². The molecule has 1 fully saturated rings. The summed E-state index contributed by atoms with van der Waals surface area (Å²) in [5, 5.41) is 2.87. The first-order valence-electron chi connectivity index (χ1n) is 14.7. The van der Waals surface area contributed by atoms with Crippen molar-refractivity contribution in [3.8, 4) is 11.1 Å². The van der Waals surface area contributed by atoms with Gasteiger partial charge in [-0.15, -0.1) is 0 Å². The number of hydrogen-bond acceptors (Lipinski definition) is 6. The van der Waals surface area contributed by atoms with Gasteiger partial charge >= 0.3 is 5.97 Å². The van der Waals surface area contributed by atoms with Gasteiger partial charge in [0.2, 0.25) is 10.0 Å². The fourth-order valence-electron chi connectivity index (χ4n) is 5.56. The predicted octanol–water partition coefficient (Wildman–Crippen LogP) is 6.20. The molecule has 1 atom stereocenters. The minimum atomic E-state index is -3.42. The smallest absolute Gasteiger partial charge is 0.328 e. The molecule has 1 aliphatic carbocycles. The SMILES string of the molecule is CCCS(=O)(=O)N(CCC1CCCCC1)Cc1ccc(C(=O)NC(CCSC)C(=O)OC)c(-c2ccccc2C)c1. The Morgan fingerprint density at radius 2 is 1.83 bits per heavy atom. The molecule has 0 aliphatic heterocycles. The highest BCUT2D eigenvalue weighted by molar-refractivity contribution is 7.98. The fourth-order valence-corrected chi connectivity index (χ4v) is 7.53. The Bertz CT molecular complexity index is 1260. The molecule has 0 aromatic heterocycles. The number of nitrogens with zero attached hydrogens (tertiary/aromatic N) is 1. The maximum atomic E-state index is 13.6. The highest BCUT2D eigenvalue weighted by Gasteiger charge is 2.26. The van der Waals surface area contributed by atoms with E-state index in [0.717, 1.165) is 23.1 Å². The summed E-state index contributed by atoms with van der Waals surface area (Å²) in [6.45, 7) is 4.64. The third-order valence-electron chi connectivity index (χ3n) is 7.89. The van der Waals surface area contributed by atoms with Crippen LogP contribution in [0.1, 0.15) is 79.8 Å². The molecular formula is C32H46N2O5S2. The van der Waals surface area contributed by atoms with E-state index in [0.29, 0.717) is 42.2 Å². The Morgan fingerprint density at radius 1 is 1.10 bits per heavy atom. The molecule has 41 heavy (non-hydrogen) atoms. The number of ether oxygens (including phenoxy) is 1. The number of rotatable bonds is 15. The Morgan fingerprint density at radius 3 is 2.49 bits per heavy atom. The summed E-state index contributed by atoms with van der Waals surface area (Å²) in [7, 11) is -2.10. The first kappa shape index (κ1) is 33.1. The number of hydrogen-bond donors (Lipinski definition) is 1. The van der Waals surface area contributed by atoms with Crippen molar-refractivity contribution < 1.29 is 22.7 Å². The maximum absolute atomic E-state index is 13.6. The van der Waals surface area contributed by atoms with E-state index in [2.05, 4.69) is 5.32 Å². The van der Waals surface area contributed by atoms with E-state index >= 15 is 0 Å². The number of esters is 1. The Kier molecular flexibility index (Phi) is 13.2. The van der Waals surface area contributed by atoms with Gasteiger partial charge in [-0.2, -0.15) is 16.1 Å². The molecule has 0 radical (unpaired) electrons. The van der Waals surface area contributed by atoms with Crippen molar-refractivity contribution in [2.24, 2.45) is 5.92 Å². The lowest BCUT2D eigenvalue weighted by molar-refractivity contribution is -0.142. The fraction of sp³-hybridized carbons (Fsp3) is 0.562. The molecule has 0 bridgehead atoms. The summed E-state index contributed by atoms with van der Waals surface area (Å²) in [6, 6.07) is 12.6.